The summed E-state index contributed by atoms with van der Waals surface area (Å²) in [6.45, 7) is 0.243. The van der Waals surface area contributed by atoms with E-state index in [4.69, 9.17) is 0 Å². The van der Waals surface area contributed by atoms with Crippen LogP contribution in [0.3, 0.4) is 0 Å². The molecule has 0 aliphatic rings. The van der Waals surface area contributed by atoms with Gasteiger partial charge in [-0.05, 0) is 29.8 Å². The van der Waals surface area contributed by atoms with E-state index < -0.39 is 9.84 Å². The number of nitrogens with zero attached hydrogens (tertiary/aromatic N) is 5. The molecule has 4 rings (SSSR count). The maximum Gasteiger partial charge on any atom is 0.270 e. The number of sulfone groups is 1. The molecule has 0 spiro atoms. The molecule has 3 heterocycles. The van der Waals surface area contributed by atoms with Crippen LogP contribution >= 0.6 is 0 Å². The normalized spacial score (nSPS) is 11.3. The highest BCUT2D eigenvalue weighted by molar-refractivity contribution is 7.90. The first-order valence-corrected chi connectivity index (χ1v) is 11.1. The highest BCUT2D eigenvalue weighted by Crippen LogP contribution is 2.16. The van der Waals surface area contributed by atoms with Gasteiger partial charge < -0.3 is 5.32 Å². The van der Waals surface area contributed by atoms with Crippen molar-refractivity contribution in [1.82, 2.24) is 30.0 Å². The van der Waals surface area contributed by atoms with E-state index >= 15 is 0 Å². The molecule has 31 heavy (non-hydrogen) atoms. The molecule has 10 heteroatoms. The summed E-state index contributed by atoms with van der Waals surface area (Å²) >= 11 is 0. The molecule has 1 N–H and O–H groups in total. The van der Waals surface area contributed by atoms with Crippen molar-refractivity contribution in [3.63, 3.8) is 0 Å². The third-order valence-corrected chi connectivity index (χ3v) is 5.58. The van der Waals surface area contributed by atoms with Crippen molar-refractivity contribution in [3.05, 3.63) is 84.7 Å². The Balaban J connectivity index is 1.46. The van der Waals surface area contributed by atoms with Gasteiger partial charge >= 0.3 is 0 Å². The van der Waals surface area contributed by atoms with E-state index in [2.05, 4.69) is 25.4 Å². The number of pyridine rings is 1. The molecule has 1 aromatic carbocycles. The first-order chi connectivity index (χ1) is 14.9. The van der Waals surface area contributed by atoms with Crippen LogP contribution in [0.2, 0.25) is 0 Å². The van der Waals surface area contributed by atoms with Gasteiger partial charge in [-0.2, -0.15) is 5.10 Å². The smallest absolute Gasteiger partial charge is 0.270 e. The van der Waals surface area contributed by atoms with E-state index in [0.717, 1.165) is 17.4 Å². The Hall–Kier alpha value is -3.92. The predicted molar refractivity (Wildman–Crippen MR) is 113 cm³/mol. The van der Waals surface area contributed by atoms with Gasteiger partial charge in [-0.3, -0.25) is 14.8 Å². The minimum Gasteiger partial charge on any atom is -0.347 e. The number of hydrogen-bond acceptors (Lipinski definition) is 7. The Morgan fingerprint density at radius 2 is 1.87 bits per heavy atom. The van der Waals surface area contributed by atoms with Crippen molar-refractivity contribution in [1.29, 1.82) is 0 Å². The fourth-order valence-corrected chi connectivity index (χ4v) is 3.46. The van der Waals surface area contributed by atoms with Gasteiger partial charge in [-0.1, -0.05) is 18.2 Å². The van der Waals surface area contributed by atoms with E-state index in [1.807, 2.05) is 0 Å². The maximum absolute atomic E-state index is 12.5. The summed E-state index contributed by atoms with van der Waals surface area (Å²) in [6, 6.07) is 11.4. The molecule has 0 aliphatic carbocycles. The van der Waals surface area contributed by atoms with Crippen LogP contribution in [0.4, 0.5) is 0 Å². The van der Waals surface area contributed by atoms with Crippen molar-refractivity contribution in [3.8, 4) is 17.1 Å². The minimum absolute atomic E-state index is 0.233. The number of carbonyl (C=O) groups is 1. The first-order valence-electron chi connectivity index (χ1n) is 9.26. The van der Waals surface area contributed by atoms with Crippen molar-refractivity contribution in [2.24, 2.45) is 0 Å². The van der Waals surface area contributed by atoms with Crippen LogP contribution < -0.4 is 5.32 Å². The summed E-state index contributed by atoms with van der Waals surface area (Å²) < 4.78 is 24.6. The summed E-state index contributed by atoms with van der Waals surface area (Å²) in [5.74, 6) is 0.135. The summed E-state index contributed by atoms with van der Waals surface area (Å²) in [7, 11) is -3.25. The van der Waals surface area contributed by atoms with Gasteiger partial charge in [0, 0.05) is 37.0 Å². The standard InChI is InChI=1S/C21H18N6O3S/c1-31(29,30)17-7-5-15(6-8-17)11-24-21(28)18-3-2-4-20(26-18)27-14-16(12-25-27)19-13-22-9-10-23-19/h2-10,12-14H,11H2,1H3,(H,24,28). The quantitative estimate of drug-likeness (QED) is 0.493. The van der Waals surface area contributed by atoms with Crippen LogP contribution in [0.25, 0.3) is 17.1 Å². The predicted octanol–water partition coefficient (Wildman–Crippen LogP) is 2.06. The summed E-state index contributed by atoms with van der Waals surface area (Å²) in [5, 5.41) is 7.07. The lowest BCUT2D eigenvalue weighted by atomic mass is 10.2. The van der Waals surface area contributed by atoms with Crippen LogP contribution in [-0.2, 0) is 16.4 Å². The summed E-state index contributed by atoms with van der Waals surface area (Å²) in [5.41, 5.74) is 2.48. The van der Waals surface area contributed by atoms with Crippen molar-refractivity contribution >= 4 is 15.7 Å². The fourth-order valence-electron chi connectivity index (χ4n) is 2.83. The Bertz CT molecular complexity index is 1320. The third kappa shape index (κ3) is 4.81. The zero-order valence-corrected chi connectivity index (χ0v) is 17.3. The van der Waals surface area contributed by atoms with Crippen LogP contribution in [0, 0.1) is 0 Å². The van der Waals surface area contributed by atoms with Gasteiger partial charge in [0.1, 0.15) is 5.69 Å². The van der Waals surface area contributed by atoms with Gasteiger partial charge in [0.25, 0.3) is 5.91 Å². The van der Waals surface area contributed by atoms with Gasteiger partial charge in [0.05, 0.1) is 23.0 Å². The lowest BCUT2D eigenvalue weighted by Crippen LogP contribution is -2.24. The molecule has 1 amide bonds. The number of rotatable bonds is 6. The second kappa shape index (κ2) is 8.44. The topological polar surface area (TPSA) is 120 Å². The van der Waals surface area contributed by atoms with Gasteiger partial charge in [-0.25, -0.2) is 18.1 Å². The Labute approximate surface area is 178 Å². The van der Waals surface area contributed by atoms with Crippen molar-refractivity contribution in [2.45, 2.75) is 11.4 Å². The molecule has 3 aromatic heterocycles. The first kappa shape index (κ1) is 20.4. The highest BCUT2D eigenvalue weighted by Gasteiger charge is 2.11. The Morgan fingerprint density at radius 3 is 2.58 bits per heavy atom. The molecule has 0 saturated heterocycles. The number of amides is 1. The molecule has 0 unspecified atom stereocenters. The lowest BCUT2D eigenvalue weighted by molar-refractivity contribution is 0.0946. The number of hydrogen-bond donors (Lipinski definition) is 1. The second-order valence-electron chi connectivity index (χ2n) is 6.74. The summed E-state index contributed by atoms with van der Waals surface area (Å²) in [4.78, 5) is 25.4. The van der Waals surface area contributed by atoms with Crippen LogP contribution in [0.5, 0.6) is 0 Å². The van der Waals surface area contributed by atoms with Gasteiger partial charge in [0.2, 0.25) is 0 Å². The zero-order chi connectivity index (χ0) is 21.8. The molecule has 0 atom stereocenters. The Kier molecular flexibility index (Phi) is 5.54. The highest BCUT2D eigenvalue weighted by atomic mass is 32.2. The van der Waals surface area contributed by atoms with E-state index in [-0.39, 0.29) is 23.0 Å². The number of aromatic nitrogens is 5. The van der Waals surface area contributed by atoms with Gasteiger partial charge in [-0.15, -0.1) is 0 Å². The van der Waals surface area contributed by atoms with Crippen LogP contribution in [-0.4, -0.2) is 45.3 Å². The molecule has 0 radical (unpaired) electrons. The molecular weight excluding hydrogens is 416 g/mol. The Morgan fingerprint density at radius 1 is 1.06 bits per heavy atom. The molecular formula is C21H18N6O3S. The van der Waals surface area contributed by atoms with E-state index in [9.17, 15) is 13.2 Å². The fraction of sp³-hybridized carbons (Fsp3) is 0.0952. The number of benzene rings is 1. The largest absolute Gasteiger partial charge is 0.347 e. The van der Waals surface area contributed by atoms with Crippen molar-refractivity contribution in [2.75, 3.05) is 6.26 Å². The molecule has 0 saturated carbocycles. The lowest BCUT2D eigenvalue weighted by Gasteiger charge is -2.07. The molecule has 4 aromatic rings. The number of nitrogens with one attached hydrogen (secondary N) is 1. The average molecular weight is 434 g/mol. The minimum atomic E-state index is -3.25. The molecule has 9 nitrogen and oxygen atoms in total. The third-order valence-electron chi connectivity index (χ3n) is 4.45. The molecule has 0 fully saturated rings. The van der Waals surface area contributed by atoms with Crippen LogP contribution in [0.1, 0.15) is 16.1 Å². The average Bonchev–Trinajstić information content (AvgIpc) is 3.28. The molecule has 156 valence electrons. The van der Waals surface area contributed by atoms with E-state index in [1.54, 1.807) is 66.0 Å². The van der Waals surface area contributed by atoms with Crippen molar-refractivity contribution < 1.29 is 13.2 Å². The number of carbonyl (C=O) groups excluding carboxylic acids is 1. The van der Waals surface area contributed by atoms with Crippen LogP contribution in [0.15, 0.2) is 78.3 Å². The second-order valence-corrected chi connectivity index (χ2v) is 8.76. The SMILES string of the molecule is CS(=O)(=O)c1ccc(CNC(=O)c2cccc(-n3cc(-c4cnccn4)cn3)n2)cc1. The maximum atomic E-state index is 12.5. The van der Waals surface area contributed by atoms with E-state index in [1.165, 1.54) is 12.1 Å². The molecule has 0 aliphatic heterocycles. The van der Waals surface area contributed by atoms with E-state index in [0.29, 0.717) is 11.5 Å². The molecule has 0 bridgehead atoms. The monoisotopic (exact) mass is 434 g/mol. The zero-order valence-electron chi connectivity index (χ0n) is 16.5. The summed E-state index contributed by atoms with van der Waals surface area (Å²) in [6.07, 6.45) is 9.40. The van der Waals surface area contributed by atoms with Gasteiger partial charge in [0.15, 0.2) is 15.7 Å².